The van der Waals surface area contributed by atoms with E-state index < -0.39 is 17.6 Å². The van der Waals surface area contributed by atoms with Gasteiger partial charge in [0.1, 0.15) is 5.82 Å². The molecular formula is C18H21F4IN4O. The molecule has 0 aliphatic rings. The number of alkyl halides is 3. The number of nitrogens with one attached hydrogen (secondary N) is 2. The van der Waals surface area contributed by atoms with Crippen molar-refractivity contribution < 1.29 is 22.3 Å². The van der Waals surface area contributed by atoms with Crippen LogP contribution in [0.2, 0.25) is 0 Å². The number of nitrogens with zero attached hydrogens (tertiary/aromatic N) is 2. The second kappa shape index (κ2) is 11.0. The first-order valence-corrected chi connectivity index (χ1v) is 8.20. The number of aliphatic imine (C=N–C) groups is 1. The lowest BCUT2D eigenvalue weighted by Crippen LogP contribution is -2.37. The number of hydrogen-bond donors (Lipinski definition) is 2. The van der Waals surface area contributed by atoms with Gasteiger partial charge in [-0.25, -0.2) is 14.4 Å². The van der Waals surface area contributed by atoms with Crippen LogP contribution in [0.1, 0.15) is 23.6 Å². The minimum Gasteiger partial charge on any atom is -0.481 e. The predicted octanol–water partition coefficient (Wildman–Crippen LogP) is 4.12. The van der Waals surface area contributed by atoms with Crippen LogP contribution in [0.5, 0.6) is 5.88 Å². The van der Waals surface area contributed by atoms with Crippen LogP contribution in [0.3, 0.4) is 0 Å². The summed E-state index contributed by atoms with van der Waals surface area (Å²) in [5.74, 6) is -0.189. The highest BCUT2D eigenvalue weighted by Gasteiger charge is 2.33. The fraction of sp³-hybridized carbons (Fsp3) is 0.333. The number of methoxy groups -OCH3 is 1. The lowest BCUT2D eigenvalue weighted by atomic mass is 10.1. The number of ether oxygens (including phenoxy) is 1. The zero-order chi connectivity index (χ0) is 19.9. The highest BCUT2D eigenvalue weighted by atomic mass is 127. The average molecular weight is 512 g/mol. The Labute approximate surface area is 177 Å². The normalized spacial score (nSPS) is 11.6. The molecule has 1 aromatic carbocycles. The Morgan fingerprint density at radius 2 is 1.93 bits per heavy atom. The zero-order valence-electron chi connectivity index (χ0n) is 15.3. The molecular weight excluding hydrogens is 491 g/mol. The third kappa shape index (κ3) is 6.80. The van der Waals surface area contributed by atoms with Crippen molar-refractivity contribution in [2.45, 2.75) is 26.2 Å². The van der Waals surface area contributed by atoms with E-state index in [2.05, 4.69) is 20.6 Å². The summed E-state index contributed by atoms with van der Waals surface area (Å²) in [7, 11) is 1.49. The van der Waals surface area contributed by atoms with Gasteiger partial charge in [0.15, 0.2) is 5.96 Å². The summed E-state index contributed by atoms with van der Waals surface area (Å²) in [6.45, 7) is 2.42. The summed E-state index contributed by atoms with van der Waals surface area (Å²) < 4.78 is 57.6. The molecule has 0 fully saturated rings. The van der Waals surface area contributed by atoms with E-state index in [-0.39, 0.29) is 42.6 Å². The summed E-state index contributed by atoms with van der Waals surface area (Å²) in [5, 5.41) is 5.78. The van der Waals surface area contributed by atoms with Gasteiger partial charge in [-0.2, -0.15) is 13.2 Å². The van der Waals surface area contributed by atoms with Gasteiger partial charge in [0.05, 0.1) is 19.2 Å². The molecule has 0 bridgehead atoms. The number of halogens is 5. The molecule has 0 unspecified atom stereocenters. The average Bonchev–Trinajstić information content (AvgIpc) is 2.64. The first-order chi connectivity index (χ1) is 12.8. The first-order valence-electron chi connectivity index (χ1n) is 8.20. The lowest BCUT2D eigenvalue weighted by molar-refractivity contribution is -0.138. The molecule has 2 aromatic rings. The second-order valence-corrected chi connectivity index (χ2v) is 5.52. The van der Waals surface area contributed by atoms with Crippen molar-refractivity contribution in [2.75, 3.05) is 13.7 Å². The zero-order valence-corrected chi connectivity index (χ0v) is 17.6. The molecule has 0 atom stereocenters. The van der Waals surface area contributed by atoms with Gasteiger partial charge in [-0.3, -0.25) is 0 Å². The molecule has 0 radical (unpaired) electrons. The standard InChI is InChI=1S/C18H20F4N4O.HI/c1-3-23-17(26-11-13-5-4-8-24-16(13)27-2)25-10-12-6-7-14(19)9-15(12)18(20,21)22;/h4-9H,3,10-11H2,1-2H3,(H2,23,25,26);1H. The number of rotatable bonds is 6. The van der Waals surface area contributed by atoms with Gasteiger partial charge in [0.25, 0.3) is 0 Å². The van der Waals surface area contributed by atoms with Crippen LogP contribution in [-0.2, 0) is 19.3 Å². The smallest absolute Gasteiger partial charge is 0.416 e. The number of benzene rings is 1. The number of aromatic nitrogens is 1. The Hall–Kier alpha value is -2.11. The molecule has 2 N–H and O–H groups in total. The molecule has 0 aliphatic carbocycles. The molecule has 0 saturated carbocycles. The van der Waals surface area contributed by atoms with Crippen LogP contribution in [0.25, 0.3) is 0 Å². The van der Waals surface area contributed by atoms with Crippen molar-refractivity contribution in [3.05, 3.63) is 59.0 Å². The summed E-state index contributed by atoms with van der Waals surface area (Å²) in [6.07, 6.45) is -3.06. The minimum atomic E-state index is -4.64. The monoisotopic (exact) mass is 512 g/mol. The number of guanidine groups is 1. The van der Waals surface area contributed by atoms with Crippen molar-refractivity contribution in [2.24, 2.45) is 4.99 Å². The first kappa shape index (κ1) is 23.9. The molecule has 2 rings (SSSR count). The maximum Gasteiger partial charge on any atom is 0.416 e. The van der Waals surface area contributed by atoms with Gasteiger partial charge in [-0.1, -0.05) is 12.1 Å². The van der Waals surface area contributed by atoms with Crippen molar-refractivity contribution >= 4 is 29.9 Å². The SMILES string of the molecule is CCNC(=NCc1cccnc1OC)NCc1ccc(F)cc1C(F)(F)F.I. The van der Waals surface area contributed by atoms with E-state index in [4.69, 9.17) is 4.74 Å². The lowest BCUT2D eigenvalue weighted by Gasteiger charge is -2.16. The minimum absolute atomic E-state index is 0. The maximum atomic E-state index is 13.2. The van der Waals surface area contributed by atoms with E-state index in [0.717, 1.165) is 17.7 Å². The summed E-state index contributed by atoms with van der Waals surface area (Å²) >= 11 is 0. The Balaban J connectivity index is 0.00000392. The van der Waals surface area contributed by atoms with Crippen LogP contribution < -0.4 is 15.4 Å². The van der Waals surface area contributed by atoms with Crippen molar-refractivity contribution in [3.8, 4) is 5.88 Å². The van der Waals surface area contributed by atoms with E-state index in [1.54, 1.807) is 18.3 Å². The predicted molar refractivity (Wildman–Crippen MR) is 109 cm³/mol. The Kier molecular flexibility index (Phi) is 9.42. The van der Waals surface area contributed by atoms with Crippen LogP contribution in [0, 0.1) is 5.82 Å². The van der Waals surface area contributed by atoms with Crippen LogP contribution >= 0.6 is 24.0 Å². The molecule has 154 valence electrons. The van der Waals surface area contributed by atoms with Crippen molar-refractivity contribution in [1.82, 2.24) is 15.6 Å². The van der Waals surface area contributed by atoms with E-state index in [0.29, 0.717) is 24.5 Å². The van der Waals surface area contributed by atoms with Crippen LogP contribution in [0.15, 0.2) is 41.5 Å². The van der Waals surface area contributed by atoms with Crippen LogP contribution in [-0.4, -0.2) is 24.6 Å². The van der Waals surface area contributed by atoms with Crippen molar-refractivity contribution in [3.63, 3.8) is 0 Å². The topological polar surface area (TPSA) is 58.5 Å². The summed E-state index contributed by atoms with van der Waals surface area (Å²) in [6, 6.07) is 6.12. The molecule has 0 amide bonds. The molecule has 28 heavy (non-hydrogen) atoms. The van der Waals surface area contributed by atoms with Gasteiger partial charge >= 0.3 is 6.18 Å². The molecule has 5 nitrogen and oxygen atoms in total. The Bertz CT molecular complexity index is 799. The highest BCUT2D eigenvalue weighted by Crippen LogP contribution is 2.32. The third-order valence-electron chi connectivity index (χ3n) is 3.62. The van der Waals surface area contributed by atoms with Crippen LogP contribution in [0.4, 0.5) is 17.6 Å². The second-order valence-electron chi connectivity index (χ2n) is 5.52. The number of pyridine rings is 1. The summed E-state index contributed by atoms with van der Waals surface area (Å²) in [5.41, 5.74) is -0.358. The Morgan fingerprint density at radius 1 is 1.18 bits per heavy atom. The molecule has 0 spiro atoms. The largest absolute Gasteiger partial charge is 0.481 e. The van der Waals surface area contributed by atoms with E-state index in [9.17, 15) is 17.6 Å². The molecule has 0 aliphatic heterocycles. The van der Waals surface area contributed by atoms with Gasteiger partial charge in [-0.15, -0.1) is 24.0 Å². The molecule has 1 aromatic heterocycles. The third-order valence-corrected chi connectivity index (χ3v) is 3.62. The van der Waals surface area contributed by atoms with Gasteiger partial charge < -0.3 is 15.4 Å². The molecule has 10 heteroatoms. The van der Waals surface area contributed by atoms with Gasteiger partial charge in [0, 0.05) is 24.8 Å². The summed E-state index contributed by atoms with van der Waals surface area (Å²) in [4.78, 5) is 8.40. The van der Waals surface area contributed by atoms with Gasteiger partial charge in [-0.05, 0) is 30.7 Å². The fourth-order valence-corrected chi connectivity index (χ4v) is 2.38. The number of hydrogen-bond acceptors (Lipinski definition) is 3. The molecule has 0 saturated heterocycles. The van der Waals surface area contributed by atoms with E-state index >= 15 is 0 Å². The van der Waals surface area contributed by atoms with E-state index in [1.807, 2.05) is 6.92 Å². The fourth-order valence-electron chi connectivity index (χ4n) is 2.38. The highest BCUT2D eigenvalue weighted by molar-refractivity contribution is 14.0. The quantitative estimate of drug-likeness (QED) is 0.265. The van der Waals surface area contributed by atoms with Gasteiger partial charge in [0.2, 0.25) is 5.88 Å². The van der Waals surface area contributed by atoms with E-state index in [1.165, 1.54) is 7.11 Å². The maximum absolute atomic E-state index is 13.2. The Morgan fingerprint density at radius 3 is 2.57 bits per heavy atom. The van der Waals surface area contributed by atoms with Crippen molar-refractivity contribution in [1.29, 1.82) is 0 Å². The molecule has 1 heterocycles.